The van der Waals surface area contributed by atoms with Crippen LogP contribution in [0, 0.1) is 0 Å². The topological polar surface area (TPSA) is 21.6 Å². The van der Waals surface area contributed by atoms with E-state index in [1.54, 1.807) is 18.2 Å². The van der Waals surface area contributed by atoms with Gasteiger partial charge in [0.05, 0.1) is 0 Å². The van der Waals surface area contributed by atoms with Crippen LogP contribution in [0.4, 0.5) is 26.3 Å². The molecule has 0 amide bonds. The number of halogens is 6. The highest BCUT2D eigenvalue weighted by atomic mass is 19.4. The van der Waals surface area contributed by atoms with Gasteiger partial charge in [-0.3, -0.25) is 0 Å². The highest BCUT2D eigenvalue weighted by Gasteiger charge is 2.54. The predicted molar refractivity (Wildman–Crippen MR) is 50.8 cm³/mol. The molecule has 1 rings (SSSR count). The maximum Gasteiger partial charge on any atom is 0.441 e. The number of hydrogen-bond donors (Lipinski definition) is 0. The van der Waals surface area contributed by atoms with Gasteiger partial charge in [0.15, 0.2) is 0 Å². The first-order valence-corrected chi connectivity index (χ1v) is 4.59. The largest absolute Gasteiger partial charge is 0.441 e. The van der Waals surface area contributed by atoms with E-state index in [0.717, 1.165) is 0 Å². The Morgan fingerprint density at radius 2 is 1.44 bits per heavy atom. The molecule has 1 aromatic carbocycles. The Morgan fingerprint density at radius 3 is 1.89 bits per heavy atom. The quantitative estimate of drug-likeness (QED) is 0.467. The van der Waals surface area contributed by atoms with Crippen molar-refractivity contribution < 1.29 is 31.2 Å². The van der Waals surface area contributed by atoms with Gasteiger partial charge in [-0.1, -0.05) is 35.5 Å². The van der Waals surface area contributed by atoms with Crippen LogP contribution in [-0.4, -0.2) is 18.1 Å². The molecule has 0 saturated carbocycles. The van der Waals surface area contributed by atoms with Gasteiger partial charge in [0.1, 0.15) is 6.61 Å². The van der Waals surface area contributed by atoms with E-state index in [1.807, 2.05) is 0 Å². The van der Waals surface area contributed by atoms with Crippen LogP contribution in [0.5, 0.6) is 0 Å². The molecule has 0 radical (unpaired) electrons. The summed E-state index contributed by atoms with van der Waals surface area (Å²) in [4.78, 5) is 4.08. The number of rotatable bonds is 3. The Labute approximate surface area is 97.8 Å². The fourth-order valence-corrected chi connectivity index (χ4v) is 1.01. The van der Waals surface area contributed by atoms with Crippen molar-refractivity contribution in [3.8, 4) is 0 Å². The van der Waals surface area contributed by atoms with E-state index in [4.69, 9.17) is 0 Å². The SMILES string of the molecule is FC(F)(F)C(=NOCc1ccccc1)C(F)(F)F. The summed E-state index contributed by atoms with van der Waals surface area (Å²) in [6.45, 7) is -0.476. The van der Waals surface area contributed by atoms with Crippen LogP contribution in [0.15, 0.2) is 35.5 Å². The van der Waals surface area contributed by atoms with Crippen molar-refractivity contribution >= 4 is 5.71 Å². The monoisotopic (exact) mass is 271 g/mol. The van der Waals surface area contributed by atoms with E-state index in [1.165, 1.54) is 12.1 Å². The summed E-state index contributed by atoms with van der Waals surface area (Å²) in [7, 11) is 0. The minimum absolute atomic E-state index is 0.407. The average Bonchev–Trinajstić information content (AvgIpc) is 2.22. The highest BCUT2D eigenvalue weighted by molar-refractivity contribution is 5.94. The lowest BCUT2D eigenvalue weighted by Crippen LogP contribution is -2.37. The molecule has 0 aliphatic heterocycles. The lowest BCUT2D eigenvalue weighted by atomic mass is 10.2. The number of nitrogens with zero attached hydrogens (tertiary/aromatic N) is 1. The maximum absolute atomic E-state index is 12.0. The molecule has 0 heterocycles. The molecule has 0 atom stereocenters. The van der Waals surface area contributed by atoms with Crippen molar-refractivity contribution in [2.24, 2.45) is 5.16 Å². The first-order chi connectivity index (χ1) is 8.21. The third kappa shape index (κ3) is 4.27. The third-order valence-corrected chi connectivity index (χ3v) is 1.77. The molecule has 0 fully saturated rings. The molecule has 8 heteroatoms. The van der Waals surface area contributed by atoms with E-state index >= 15 is 0 Å². The summed E-state index contributed by atoms with van der Waals surface area (Å²) < 4.78 is 72.1. The van der Waals surface area contributed by atoms with Gasteiger partial charge in [0.25, 0.3) is 5.71 Å². The summed E-state index contributed by atoms with van der Waals surface area (Å²) in [6, 6.07) is 7.74. The van der Waals surface area contributed by atoms with Gasteiger partial charge in [-0.2, -0.15) is 26.3 Å². The molecular weight excluding hydrogens is 264 g/mol. The maximum atomic E-state index is 12.0. The summed E-state index contributed by atoms with van der Waals surface area (Å²) in [5, 5.41) is 2.13. The smallest absolute Gasteiger partial charge is 0.390 e. The Kier molecular flexibility index (Phi) is 4.20. The second-order valence-electron chi connectivity index (χ2n) is 3.19. The van der Waals surface area contributed by atoms with Crippen LogP contribution in [-0.2, 0) is 11.4 Å². The van der Waals surface area contributed by atoms with Crippen LogP contribution in [0.1, 0.15) is 5.56 Å². The Bertz CT molecular complexity index is 393. The van der Waals surface area contributed by atoms with Crippen LogP contribution in [0.3, 0.4) is 0 Å². The van der Waals surface area contributed by atoms with Crippen molar-refractivity contribution in [1.82, 2.24) is 0 Å². The van der Waals surface area contributed by atoms with E-state index in [0.29, 0.717) is 5.56 Å². The first-order valence-electron chi connectivity index (χ1n) is 4.59. The standard InChI is InChI=1S/C10H7F6NO/c11-9(12,13)8(10(14,15)16)17-18-6-7-4-2-1-3-5-7/h1-5H,6H2. The summed E-state index contributed by atoms with van der Waals surface area (Å²) in [6.07, 6.45) is -11.2. The first kappa shape index (κ1) is 14.3. The molecule has 0 aliphatic carbocycles. The van der Waals surface area contributed by atoms with E-state index in [-0.39, 0.29) is 0 Å². The van der Waals surface area contributed by atoms with Gasteiger partial charge in [-0.05, 0) is 5.56 Å². The van der Waals surface area contributed by atoms with Crippen molar-refractivity contribution in [3.05, 3.63) is 35.9 Å². The second kappa shape index (κ2) is 5.28. The van der Waals surface area contributed by atoms with Gasteiger partial charge in [-0.25, -0.2) is 0 Å². The molecule has 2 nitrogen and oxygen atoms in total. The van der Waals surface area contributed by atoms with Crippen molar-refractivity contribution in [2.45, 2.75) is 19.0 Å². The average molecular weight is 271 g/mol. The molecule has 0 aliphatic rings. The third-order valence-electron chi connectivity index (χ3n) is 1.77. The molecule has 18 heavy (non-hydrogen) atoms. The summed E-state index contributed by atoms with van der Waals surface area (Å²) in [5.74, 6) is 0. The summed E-state index contributed by atoms with van der Waals surface area (Å²) >= 11 is 0. The van der Waals surface area contributed by atoms with Crippen LogP contribution in [0.25, 0.3) is 0 Å². The molecule has 0 bridgehead atoms. The van der Waals surface area contributed by atoms with Crippen molar-refractivity contribution in [2.75, 3.05) is 0 Å². The molecule has 0 unspecified atom stereocenters. The summed E-state index contributed by atoms with van der Waals surface area (Å²) in [5.41, 5.74) is -2.50. The van der Waals surface area contributed by atoms with E-state index < -0.39 is 24.7 Å². The van der Waals surface area contributed by atoms with Gasteiger partial charge < -0.3 is 4.84 Å². The number of oxime groups is 1. The van der Waals surface area contributed by atoms with Crippen LogP contribution in [0.2, 0.25) is 0 Å². The minimum atomic E-state index is -5.60. The fourth-order valence-electron chi connectivity index (χ4n) is 1.01. The van der Waals surface area contributed by atoms with Gasteiger partial charge in [-0.15, -0.1) is 0 Å². The zero-order valence-electron chi connectivity index (χ0n) is 8.72. The molecular formula is C10H7F6NO. The zero-order chi connectivity index (χ0) is 13.8. The zero-order valence-corrected chi connectivity index (χ0v) is 8.72. The Balaban J connectivity index is 2.74. The molecule has 0 spiro atoms. The Hall–Kier alpha value is -1.73. The van der Waals surface area contributed by atoms with Gasteiger partial charge in [0.2, 0.25) is 0 Å². The molecule has 0 aromatic heterocycles. The lowest BCUT2D eigenvalue weighted by Gasteiger charge is -2.12. The van der Waals surface area contributed by atoms with Crippen molar-refractivity contribution in [3.63, 3.8) is 0 Å². The van der Waals surface area contributed by atoms with Gasteiger partial charge in [0, 0.05) is 0 Å². The highest BCUT2D eigenvalue weighted by Crippen LogP contribution is 2.30. The van der Waals surface area contributed by atoms with E-state index in [2.05, 4.69) is 9.99 Å². The van der Waals surface area contributed by atoms with E-state index in [9.17, 15) is 26.3 Å². The lowest BCUT2D eigenvalue weighted by molar-refractivity contribution is -0.122. The fraction of sp³-hybridized carbons (Fsp3) is 0.300. The molecule has 0 N–H and O–H groups in total. The molecule has 1 aromatic rings. The Morgan fingerprint density at radius 1 is 0.944 bits per heavy atom. The number of hydrogen-bond acceptors (Lipinski definition) is 2. The molecule has 100 valence electrons. The minimum Gasteiger partial charge on any atom is -0.390 e. The normalized spacial score (nSPS) is 12.1. The van der Waals surface area contributed by atoms with Gasteiger partial charge >= 0.3 is 12.4 Å². The van der Waals surface area contributed by atoms with Crippen molar-refractivity contribution in [1.29, 1.82) is 0 Å². The number of alkyl halides is 6. The molecule has 0 saturated heterocycles. The number of benzene rings is 1. The second-order valence-corrected chi connectivity index (χ2v) is 3.19. The predicted octanol–water partition coefficient (Wildman–Crippen LogP) is 3.68. The van der Waals surface area contributed by atoms with Crippen LogP contribution >= 0.6 is 0 Å². The van der Waals surface area contributed by atoms with Crippen LogP contribution < -0.4 is 0 Å².